The molecule has 0 aliphatic carbocycles. The molecule has 0 aromatic heterocycles. The van der Waals surface area contributed by atoms with E-state index in [9.17, 15) is 18.5 Å². The van der Waals surface area contributed by atoms with Gasteiger partial charge in [-0.3, -0.25) is 4.79 Å². The molecule has 29 heavy (non-hydrogen) atoms. The van der Waals surface area contributed by atoms with Crippen LogP contribution < -0.4 is 19.9 Å². The van der Waals surface area contributed by atoms with Gasteiger partial charge in [0.2, 0.25) is 10.0 Å². The zero-order chi connectivity index (χ0) is 21.6. The van der Waals surface area contributed by atoms with Crippen LogP contribution in [0.25, 0.3) is 6.08 Å². The largest absolute Gasteiger partial charge is 0.491 e. The van der Waals surface area contributed by atoms with Crippen LogP contribution in [0.2, 0.25) is 5.02 Å². The number of amides is 1. The van der Waals surface area contributed by atoms with Crippen molar-refractivity contribution >= 4 is 39.3 Å². The number of benzene rings is 2. The first-order valence-corrected chi connectivity index (χ1v) is 10.2. The van der Waals surface area contributed by atoms with Crippen LogP contribution in [-0.2, 0) is 14.8 Å². The van der Waals surface area contributed by atoms with Crippen LogP contribution in [0.1, 0.15) is 12.5 Å². The van der Waals surface area contributed by atoms with E-state index in [1.54, 1.807) is 13.0 Å². The van der Waals surface area contributed by atoms with Crippen molar-refractivity contribution in [3.05, 3.63) is 52.6 Å². The van der Waals surface area contributed by atoms with Crippen molar-refractivity contribution in [1.29, 1.82) is 5.26 Å². The molecule has 3 N–H and O–H groups in total. The van der Waals surface area contributed by atoms with E-state index in [1.165, 1.54) is 43.5 Å². The average molecular weight is 436 g/mol. The third kappa shape index (κ3) is 5.71. The number of ether oxygens (including phenoxy) is 2. The number of carbonyl (C=O) groups is 1. The zero-order valence-corrected chi connectivity index (χ0v) is 17.2. The molecule has 8 nitrogen and oxygen atoms in total. The van der Waals surface area contributed by atoms with Gasteiger partial charge in [0.05, 0.1) is 23.6 Å². The summed E-state index contributed by atoms with van der Waals surface area (Å²) in [5, 5.41) is 17.2. The summed E-state index contributed by atoms with van der Waals surface area (Å²) in [6.07, 6.45) is 1.35. The van der Waals surface area contributed by atoms with E-state index >= 15 is 0 Å². The summed E-state index contributed by atoms with van der Waals surface area (Å²) >= 11 is 6.18. The Hall–Kier alpha value is -3.06. The number of methoxy groups -OCH3 is 1. The Labute approximate surface area is 173 Å². The van der Waals surface area contributed by atoms with Crippen LogP contribution in [0.15, 0.2) is 46.9 Å². The normalized spacial score (nSPS) is 11.5. The molecule has 0 aliphatic rings. The van der Waals surface area contributed by atoms with Crippen molar-refractivity contribution in [3.63, 3.8) is 0 Å². The molecule has 2 aromatic rings. The van der Waals surface area contributed by atoms with Crippen LogP contribution in [0.3, 0.4) is 0 Å². The number of carbonyl (C=O) groups excluding carboxylic acids is 1. The molecule has 0 bridgehead atoms. The summed E-state index contributed by atoms with van der Waals surface area (Å²) in [6.45, 7) is 2.17. The molecule has 0 aliphatic heterocycles. The number of halogens is 1. The minimum Gasteiger partial charge on any atom is -0.491 e. The number of sulfonamides is 1. The highest BCUT2D eigenvalue weighted by Crippen LogP contribution is 2.37. The van der Waals surface area contributed by atoms with E-state index in [0.29, 0.717) is 29.4 Å². The van der Waals surface area contributed by atoms with Gasteiger partial charge in [-0.1, -0.05) is 11.6 Å². The van der Waals surface area contributed by atoms with Gasteiger partial charge < -0.3 is 14.8 Å². The molecule has 0 saturated carbocycles. The molecule has 0 atom stereocenters. The first-order valence-electron chi connectivity index (χ1n) is 8.26. The Morgan fingerprint density at radius 2 is 1.97 bits per heavy atom. The first kappa shape index (κ1) is 22.2. The molecular weight excluding hydrogens is 418 g/mol. The molecule has 2 aromatic carbocycles. The molecule has 152 valence electrons. The number of rotatable bonds is 7. The predicted molar refractivity (Wildman–Crippen MR) is 109 cm³/mol. The van der Waals surface area contributed by atoms with Crippen LogP contribution >= 0.6 is 11.6 Å². The third-order valence-electron chi connectivity index (χ3n) is 3.65. The predicted octanol–water partition coefficient (Wildman–Crippen LogP) is 2.94. The molecule has 0 saturated heterocycles. The number of anilines is 1. The number of nitrogens with one attached hydrogen (secondary N) is 1. The lowest BCUT2D eigenvalue weighted by Gasteiger charge is -2.12. The maximum Gasteiger partial charge on any atom is 0.266 e. The maximum atomic E-state index is 12.4. The van der Waals surface area contributed by atoms with E-state index in [0.717, 1.165) is 0 Å². The highest BCUT2D eigenvalue weighted by Gasteiger charge is 2.14. The summed E-state index contributed by atoms with van der Waals surface area (Å²) in [5.41, 5.74) is 0.575. The first-order chi connectivity index (χ1) is 13.7. The fourth-order valence-corrected chi connectivity index (χ4v) is 3.19. The maximum absolute atomic E-state index is 12.4. The lowest BCUT2D eigenvalue weighted by Crippen LogP contribution is -2.14. The van der Waals surface area contributed by atoms with Gasteiger partial charge >= 0.3 is 0 Å². The van der Waals surface area contributed by atoms with E-state index < -0.39 is 15.9 Å². The number of hydrogen-bond donors (Lipinski definition) is 2. The minimum atomic E-state index is -3.84. The van der Waals surface area contributed by atoms with Gasteiger partial charge in [-0.15, -0.1) is 0 Å². The number of hydrogen-bond acceptors (Lipinski definition) is 6. The zero-order valence-electron chi connectivity index (χ0n) is 15.6. The average Bonchev–Trinajstić information content (AvgIpc) is 2.66. The van der Waals surface area contributed by atoms with Gasteiger partial charge in [-0.2, -0.15) is 5.26 Å². The van der Waals surface area contributed by atoms with Crippen molar-refractivity contribution in [2.45, 2.75) is 11.8 Å². The molecule has 10 heteroatoms. The SMILES string of the molecule is CCOc1cc(/C=C(/C#N)C(=O)Nc2ccc(S(N)(=O)=O)cc2)cc(Cl)c1OC. The Morgan fingerprint density at radius 3 is 2.48 bits per heavy atom. The monoisotopic (exact) mass is 435 g/mol. The summed E-state index contributed by atoms with van der Waals surface area (Å²) < 4.78 is 33.2. The lowest BCUT2D eigenvalue weighted by molar-refractivity contribution is -0.112. The topological polar surface area (TPSA) is 132 Å². The number of primary sulfonamides is 1. The summed E-state index contributed by atoms with van der Waals surface area (Å²) in [7, 11) is -2.39. The van der Waals surface area contributed by atoms with Crippen molar-refractivity contribution in [2.24, 2.45) is 5.14 Å². The van der Waals surface area contributed by atoms with E-state index in [1.807, 2.05) is 6.07 Å². The summed E-state index contributed by atoms with van der Waals surface area (Å²) in [6, 6.07) is 10.2. The molecule has 0 spiro atoms. The minimum absolute atomic E-state index is 0.0946. The third-order valence-corrected chi connectivity index (χ3v) is 4.86. The van der Waals surface area contributed by atoms with Gasteiger partial charge in [0.15, 0.2) is 11.5 Å². The Morgan fingerprint density at radius 1 is 1.31 bits per heavy atom. The quantitative estimate of drug-likeness (QED) is 0.507. The van der Waals surface area contributed by atoms with Crippen LogP contribution in [0.5, 0.6) is 11.5 Å². The molecule has 0 unspecified atom stereocenters. The Kier molecular flexibility index (Phi) is 7.23. The number of nitrogens with zero attached hydrogens (tertiary/aromatic N) is 1. The van der Waals surface area contributed by atoms with Crippen molar-refractivity contribution in [1.82, 2.24) is 0 Å². The second kappa shape index (κ2) is 9.43. The van der Waals surface area contributed by atoms with Gasteiger partial charge in [0.25, 0.3) is 5.91 Å². The number of nitrogens with two attached hydrogens (primary N) is 1. The molecular formula is C19H18ClN3O5S. The van der Waals surface area contributed by atoms with Gasteiger partial charge in [-0.05, 0) is 55.0 Å². The van der Waals surface area contributed by atoms with Crippen LogP contribution in [0, 0.1) is 11.3 Å². The van der Waals surface area contributed by atoms with E-state index in [-0.39, 0.29) is 15.5 Å². The Balaban J connectivity index is 2.30. The van der Waals surface area contributed by atoms with Crippen molar-refractivity contribution in [2.75, 3.05) is 19.0 Å². The van der Waals surface area contributed by atoms with E-state index in [4.69, 9.17) is 26.2 Å². The molecule has 0 fully saturated rings. The van der Waals surface area contributed by atoms with Gasteiger partial charge in [0, 0.05) is 5.69 Å². The lowest BCUT2D eigenvalue weighted by atomic mass is 10.1. The smallest absolute Gasteiger partial charge is 0.266 e. The summed E-state index contributed by atoms with van der Waals surface area (Å²) in [4.78, 5) is 12.3. The fraction of sp³-hybridized carbons (Fsp3) is 0.158. The highest BCUT2D eigenvalue weighted by molar-refractivity contribution is 7.89. The molecule has 1 amide bonds. The molecule has 2 rings (SSSR count). The fourth-order valence-electron chi connectivity index (χ4n) is 2.37. The standard InChI is InChI=1S/C19H18ClN3O5S/c1-3-28-17-10-12(9-16(20)18(17)27-2)8-13(11-21)19(24)23-14-4-6-15(7-5-14)29(22,25)26/h4-10H,3H2,1-2H3,(H,23,24)(H2,22,25,26)/b13-8-. The Bertz CT molecular complexity index is 1090. The molecule has 0 heterocycles. The molecule has 0 radical (unpaired) electrons. The van der Waals surface area contributed by atoms with E-state index in [2.05, 4.69) is 5.32 Å². The van der Waals surface area contributed by atoms with Crippen LogP contribution in [0.4, 0.5) is 5.69 Å². The highest BCUT2D eigenvalue weighted by atomic mass is 35.5. The van der Waals surface area contributed by atoms with Gasteiger partial charge in [0.1, 0.15) is 11.6 Å². The summed E-state index contributed by atoms with van der Waals surface area (Å²) in [5.74, 6) is 0.0503. The number of nitriles is 1. The second-order valence-corrected chi connectivity index (χ2v) is 7.63. The van der Waals surface area contributed by atoms with Crippen molar-refractivity contribution < 1.29 is 22.7 Å². The van der Waals surface area contributed by atoms with Crippen molar-refractivity contribution in [3.8, 4) is 17.6 Å². The van der Waals surface area contributed by atoms with Crippen LogP contribution in [-0.4, -0.2) is 28.0 Å². The second-order valence-electron chi connectivity index (χ2n) is 5.66. The van der Waals surface area contributed by atoms with Gasteiger partial charge in [-0.25, -0.2) is 13.6 Å².